The fourth-order valence-corrected chi connectivity index (χ4v) is 2.47. The maximum atomic E-state index is 13.0. The lowest BCUT2D eigenvalue weighted by molar-refractivity contribution is -0.144. The van der Waals surface area contributed by atoms with Crippen molar-refractivity contribution in [1.82, 2.24) is 0 Å². The number of fused-ring (bicyclic) bond motifs is 1. The number of benzene rings is 3. The minimum Gasteiger partial charge on any atom is -0.478 e. The number of halogens is 1. The number of aliphatic carboxylic acids is 1. The summed E-state index contributed by atoms with van der Waals surface area (Å²) in [6.07, 6.45) is -0.870. The Bertz CT molecular complexity index is 822. The second-order valence-corrected chi connectivity index (χ2v) is 5.25. The number of carbonyl (C=O) groups is 1. The Hall–Kier alpha value is -2.88. The second-order valence-electron chi connectivity index (χ2n) is 5.25. The number of hydrogen-bond donors (Lipinski definition) is 1. The lowest BCUT2D eigenvalue weighted by Gasteiger charge is -2.17. The van der Waals surface area contributed by atoms with Gasteiger partial charge in [0.1, 0.15) is 11.6 Å². The first-order valence-electron chi connectivity index (χ1n) is 7.25. The van der Waals surface area contributed by atoms with Crippen LogP contribution in [0.25, 0.3) is 10.8 Å². The first-order valence-corrected chi connectivity index (χ1v) is 7.25. The van der Waals surface area contributed by atoms with E-state index in [4.69, 9.17) is 4.74 Å². The maximum absolute atomic E-state index is 13.0. The number of carboxylic acids is 1. The van der Waals surface area contributed by atoms with Crippen LogP contribution < -0.4 is 4.74 Å². The summed E-state index contributed by atoms with van der Waals surface area (Å²) in [6, 6.07) is 18.9. The third-order valence-electron chi connectivity index (χ3n) is 3.63. The summed E-state index contributed by atoms with van der Waals surface area (Å²) in [4.78, 5) is 11.5. The Kier molecular flexibility index (Phi) is 4.24. The van der Waals surface area contributed by atoms with Gasteiger partial charge in [-0.2, -0.15) is 0 Å². The first kappa shape index (κ1) is 15.0. The molecule has 0 amide bonds. The van der Waals surface area contributed by atoms with Crippen LogP contribution in [0.2, 0.25) is 0 Å². The van der Waals surface area contributed by atoms with Gasteiger partial charge < -0.3 is 9.84 Å². The molecule has 3 aromatic rings. The highest BCUT2D eigenvalue weighted by atomic mass is 19.1. The van der Waals surface area contributed by atoms with E-state index in [1.807, 2.05) is 36.4 Å². The van der Waals surface area contributed by atoms with E-state index in [0.29, 0.717) is 11.3 Å². The predicted octanol–water partition coefficient (Wildman–Crippen LogP) is 4.05. The molecule has 4 heteroatoms. The number of rotatable bonds is 5. The van der Waals surface area contributed by atoms with Gasteiger partial charge in [0.2, 0.25) is 0 Å². The molecule has 3 rings (SSSR count). The van der Waals surface area contributed by atoms with E-state index in [2.05, 4.69) is 0 Å². The normalized spacial score (nSPS) is 12.0. The zero-order valence-electron chi connectivity index (χ0n) is 12.3. The molecular formula is C19H15FO3. The molecule has 116 valence electrons. The molecule has 0 fully saturated rings. The molecule has 3 nitrogen and oxygen atoms in total. The van der Waals surface area contributed by atoms with Crippen molar-refractivity contribution in [3.8, 4) is 5.75 Å². The average molecular weight is 310 g/mol. The first-order chi connectivity index (χ1) is 11.1. The van der Waals surface area contributed by atoms with Gasteiger partial charge in [-0.1, -0.05) is 48.5 Å². The summed E-state index contributed by atoms with van der Waals surface area (Å²) in [5.74, 6) is -0.879. The highest BCUT2D eigenvalue weighted by Gasteiger charge is 2.21. The smallest absolute Gasteiger partial charge is 0.345 e. The highest BCUT2D eigenvalue weighted by molar-refractivity contribution is 5.88. The maximum Gasteiger partial charge on any atom is 0.345 e. The zero-order chi connectivity index (χ0) is 16.2. The topological polar surface area (TPSA) is 46.5 Å². The Balaban J connectivity index is 1.87. The fraction of sp³-hybridized carbons (Fsp3) is 0.105. The summed E-state index contributed by atoms with van der Waals surface area (Å²) in [6.45, 7) is 0. The summed E-state index contributed by atoms with van der Waals surface area (Å²) in [7, 11) is 0. The predicted molar refractivity (Wildman–Crippen MR) is 86.1 cm³/mol. The van der Waals surface area contributed by atoms with Crippen LogP contribution in [0.1, 0.15) is 5.56 Å². The number of ether oxygens (including phenoxy) is 1. The van der Waals surface area contributed by atoms with Crippen molar-refractivity contribution in [3.63, 3.8) is 0 Å². The van der Waals surface area contributed by atoms with Gasteiger partial charge >= 0.3 is 5.97 Å². The van der Waals surface area contributed by atoms with E-state index in [1.54, 1.807) is 18.2 Å². The van der Waals surface area contributed by atoms with Crippen LogP contribution in [0.4, 0.5) is 4.39 Å². The summed E-state index contributed by atoms with van der Waals surface area (Å²) in [5, 5.41) is 11.3. The number of hydrogen-bond acceptors (Lipinski definition) is 2. The fourth-order valence-electron chi connectivity index (χ4n) is 2.47. The second kappa shape index (κ2) is 6.48. The molecule has 23 heavy (non-hydrogen) atoms. The van der Waals surface area contributed by atoms with Gasteiger partial charge in [0.15, 0.2) is 6.10 Å². The molecule has 0 saturated heterocycles. The van der Waals surface area contributed by atoms with Crippen LogP contribution in [-0.2, 0) is 11.2 Å². The molecule has 0 aromatic heterocycles. The summed E-state index contributed by atoms with van der Waals surface area (Å²) in [5.41, 5.74) is 0.707. The molecule has 0 bridgehead atoms. The Morgan fingerprint density at radius 1 is 1.00 bits per heavy atom. The summed E-state index contributed by atoms with van der Waals surface area (Å²) < 4.78 is 18.7. The molecule has 0 aliphatic heterocycles. The lowest BCUT2D eigenvalue weighted by Crippen LogP contribution is -2.29. The molecule has 0 radical (unpaired) electrons. The molecule has 0 aliphatic carbocycles. The van der Waals surface area contributed by atoms with E-state index in [9.17, 15) is 14.3 Å². The van der Waals surface area contributed by atoms with Gasteiger partial charge in [0.25, 0.3) is 0 Å². The number of carboxylic acid groups (broad SMARTS) is 1. The van der Waals surface area contributed by atoms with Crippen LogP contribution in [0.15, 0.2) is 66.7 Å². The van der Waals surface area contributed by atoms with Crippen molar-refractivity contribution in [1.29, 1.82) is 0 Å². The molecule has 1 atom stereocenters. The van der Waals surface area contributed by atoms with Crippen molar-refractivity contribution in [2.45, 2.75) is 12.5 Å². The van der Waals surface area contributed by atoms with E-state index in [1.165, 1.54) is 12.1 Å². The molecule has 0 aliphatic rings. The molecule has 0 spiro atoms. The van der Waals surface area contributed by atoms with Gasteiger partial charge in [0.05, 0.1) is 0 Å². The molecule has 1 N–H and O–H groups in total. The average Bonchev–Trinajstić information content (AvgIpc) is 2.56. The van der Waals surface area contributed by atoms with Gasteiger partial charge in [0, 0.05) is 11.8 Å². The van der Waals surface area contributed by atoms with E-state index >= 15 is 0 Å². The third kappa shape index (κ3) is 3.48. The summed E-state index contributed by atoms with van der Waals surface area (Å²) >= 11 is 0. The van der Waals surface area contributed by atoms with Gasteiger partial charge in [-0.25, -0.2) is 9.18 Å². The van der Waals surface area contributed by atoms with Crippen LogP contribution in [0.5, 0.6) is 5.75 Å². The Labute approximate surface area is 132 Å². The van der Waals surface area contributed by atoms with E-state index in [0.717, 1.165) is 10.8 Å². The van der Waals surface area contributed by atoms with Crippen molar-refractivity contribution in [2.75, 3.05) is 0 Å². The van der Waals surface area contributed by atoms with Gasteiger partial charge in [-0.3, -0.25) is 0 Å². The van der Waals surface area contributed by atoms with Crippen LogP contribution in [-0.4, -0.2) is 17.2 Å². The molecule has 3 aromatic carbocycles. The minimum absolute atomic E-state index is 0.166. The minimum atomic E-state index is -1.05. The van der Waals surface area contributed by atoms with Crippen molar-refractivity contribution >= 4 is 16.7 Å². The third-order valence-corrected chi connectivity index (χ3v) is 3.63. The van der Waals surface area contributed by atoms with Crippen LogP contribution in [0, 0.1) is 5.82 Å². The molecule has 0 heterocycles. The SMILES string of the molecule is O=C(O)[C@H](Cc1ccc(F)cc1)Oc1cccc2ccccc12. The lowest BCUT2D eigenvalue weighted by atomic mass is 10.1. The quantitative estimate of drug-likeness (QED) is 0.773. The van der Waals surface area contributed by atoms with Crippen molar-refractivity contribution in [2.24, 2.45) is 0 Å². The standard InChI is InChI=1S/C19H15FO3/c20-15-10-8-13(9-11-15)12-18(19(21)22)23-17-7-3-5-14-4-1-2-6-16(14)17/h1-11,18H,12H2,(H,21,22)/t18-/m0/s1. The van der Waals surface area contributed by atoms with Crippen LogP contribution >= 0.6 is 0 Å². The molecular weight excluding hydrogens is 295 g/mol. The zero-order valence-corrected chi connectivity index (χ0v) is 12.3. The largest absolute Gasteiger partial charge is 0.478 e. The van der Waals surface area contributed by atoms with Gasteiger partial charge in [-0.05, 0) is 29.1 Å². The highest BCUT2D eigenvalue weighted by Crippen LogP contribution is 2.26. The molecule has 0 saturated carbocycles. The van der Waals surface area contributed by atoms with E-state index < -0.39 is 12.1 Å². The van der Waals surface area contributed by atoms with Crippen LogP contribution in [0.3, 0.4) is 0 Å². The Morgan fingerprint density at radius 3 is 2.43 bits per heavy atom. The van der Waals surface area contributed by atoms with E-state index in [-0.39, 0.29) is 12.2 Å². The van der Waals surface area contributed by atoms with Gasteiger partial charge in [-0.15, -0.1) is 0 Å². The van der Waals surface area contributed by atoms with Crippen molar-refractivity contribution in [3.05, 3.63) is 78.1 Å². The molecule has 0 unspecified atom stereocenters. The van der Waals surface area contributed by atoms with Crippen molar-refractivity contribution < 1.29 is 19.0 Å². The monoisotopic (exact) mass is 310 g/mol. The Morgan fingerprint density at radius 2 is 1.70 bits per heavy atom.